The van der Waals surface area contributed by atoms with E-state index in [1.54, 1.807) is 0 Å². The van der Waals surface area contributed by atoms with E-state index in [9.17, 15) is 0 Å². The van der Waals surface area contributed by atoms with Gasteiger partial charge in [-0.05, 0) is 24.0 Å². The third kappa shape index (κ3) is 4.69. The van der Waals surface area contributed by atoms with Gasteiger partial charge in [0.15, 0.2) is 0 Å². The van der Waals surface area contributed by atoms with Crippen molar-refractivity contribution in [1.29, 1.82) is 0 Å². The van der Waals surface area contributed by atoms with Crippen LogP contribution in [-0.4, -0.2) is 18.7 Å². The molecule has 1 N–H and O–H groups in total. The van der Waals surface area contributed by atoms with E-state index in [4.69, 9.17) is 4.74 Å². The van der Waals surface area contributed by atoms with Crippen LogP contribution >= 0.6 is 0 Å². The van der Waals surface area contributed by atoms with E-state index in [-0.39, 0.29) is 11.5 Å². The Morgan fingerprint density at radius 3 is 2.28 bits per heavy atom. The van der Waals surface area contributed by atoms with Crippen molar-refractivity contribution in [2.24, 2.45) is 0 Å². The normalized spacial score (nSPS) is 13.7. The van der Waals surface area contributed by atoms with E-state index in [2.05, 4.69) is 65.1 Å². The zero-order valence-electron chi connectivity index (χ0n) is 12.6. The van der Waals surface area contributed by atoms with Gasteiger partial charge in [0, 0.05) is 12.6 Å². The maximum Gasteiger partial charge on any atom is 0.123 e. The number of hydrogen-bond acceptors (Lipinski definition) is 2. The van der Waals surface area contributed by atoms with Crippen molar-refractivity contribution >= 4 is 0 Å². The van der Waals surface area contributed by atoms with Crippen LogP contribution in [0.15, 0.2) is 24.3 Å². The molecule has 1 rings (SSSR count). The summed E-state index contributed by atoms with van der Waals surface area (Å²) in [6.45, 7) is 13.9. The first kappa shape index (κ1) is 15.0. The van der Waals surface area contributed by atoms with Crippen molar-refractivity contribution in [1.82, 2.24) is 5.32 Å². The highest BCUT2D eigenvalue weighted by Gasteiger charge is 2.19. The number of ether oxygens (including phenoxy) is 1. The van der Waals surface area contributed by atoms with Gasteiger partial charge >= 0.3 is 0 Å². The predicted octanol–water partition coefficient (Wildman–Crippen LogP) is 3.75. The summed E-state index contributed by atoms with van der Waals surface area (Å²) in [7, 11) is 0. The average Bonchev–Trinajstić information content (AvgIpc) is 2.25. The Bertz CT molecular complexity index is 366. The second-order valence-electron chi connectivity index (χ2n) is 6.24. The molecule has 0 amide bonds. The molecule has 0 saturated heterocycles. The number of benzene rings is 1. The second kappa shape index (κ2) is 6.24. The molecule has 0 aliphatic heterocycles. The van der Waals surface area contributed by atoms with Crippen LogP contribution in [0.5, 0.6) is 5.75 Å². The zero-order valence-corrected chi connectivity index (χ0v) is 12.6. The Morgan fingerprint density at radius 1 is 1.11 bits per heavy atom. The molecule has 0 radical (unpaired) electrons. The Hall–Kier alpha value is -1.02. The van der Waals surface area contributed by atoms with Gasteiger partial charge in [-0.1, -0.05) is 52.8 Å². The molecular weight excluding hydrogens is 222 g/mol. The molecule has 0 heterocycles. The molecule has 2 nitrogen and oxygen atoms in total. The van der Waals surface area contributed by atoms with Gasteiger partial charge in [0.05, 0.1) is 0 Å². The summed E-state index contributed by atoms with van der Waals surface area (Å²) in [4.78, 5) is 0. The smallest absolute Gasteiger partial charge is 0.123 e. The number of para-hydroxylation sites is 1. The number of nitrogens with one attached hydrogen (secondary N) is 1. The highest BCUT2D eigenvalue weighted by molar-refractivity contribution is 5.38. The van der Waals surface area contributed by atoms with Crippen LogP contribution in [0.25, 0.3) is 0 Å². The first-order valence-electron chi connectivity index (χ1n) is 6.80. The molecule has 1 aromatic rings. The van der Waals surface area contributed by atoms with Crippen molar-refractivity contribution in [2.75, 3.05) is 6.54 Å². The van der Waals surface area contributed by atoms with Crippen molar-refractivity contribution in [3.05, 3.63) is 29.8 Å². The van der Waals surface area contributed by atoms with E-state index in [1.807, 2.05) is 6.07 Å². The van der Waals surface area contributed by atoms with Crippen LogP contribution in [0.2, 0.25) is 0 Å². The summed E-state index contributed by atoms with van der Waals surface area (Å²) in [6, 6.07) is 8.82. The minimum absolute atomic E-state index is 0.113. The second-order valence-corrected chi connectivity index (χ2v) is 6.24. The molecule has 0 bridgehead atoms. The van der Waals surface area contributed by atoms with Crippen molar-refractivity contribution < 1.29 is 4.74 Å². The highest BCUT2D eigenvalue weighted by Crippen LogP contribution is 2.31. The lowest BCUT2D eigenvalue weighted by atomic mass is 9.86. The molecule has 0 saturated carbocycles. The standard InChI is InChI=1S/C16H27NO/c1-12(2)17-11-13(3)18-15-10-8-7-9-14(15)16(4,5)6/h7-10,12-13,17H,11H2,1-6H3. The van der Waals surface area contributed by atoms with Crippen LogP contribution in [0, 0.1) is 0 Å². The minimum atomic E-state index is 0.113. The molecule has 1 aromatic carbocycles. The van der Waals surface area contributed by atoms with Crippen molar-refractivity contribution in [3.63, 3.8) is 0 Å². The quantitative estimate of drug-likeness (QED) is 0.858. The van der Waals surface area contributed by atoms with Crippen molar-refractivity contribution in [3.8, 4) is 5.75 Å². The van der Waals surface area contributed by atoms with Gasteiger partial charge in [0.1, 0.15) is 11.9 Å². The third-order valence-electron chi connectivity index (χ3n) is 2.84. The van der Waals surface area contributed by atoms with Gasteiger partial charge in [-0.25, -0.2) is 0 Å². The van der Waals surface area contributed by atoms with E-state index in [0.717, 1.165) is 12.3 Å². The van der Waals surface area contributed by atoms with Crippen LogP contribution in [0.1, 0.15) is 47.1 Å². The molecule has 1 atom stereocenters. The van der Waals surface area contributed by atoms with E-state index in [0.29, 0.717) is 6.04 Å². The monoisotopic (exact) mass is 249 g/mol. The highest BCUT2D eigenvalue weighted by atomic mass is 16.5. The molecular formula is C16H27NO. The Morgan fingerprint density at radius 2 is 1.72 bits per heavy atom. The van der Waals surface area contributed by atoms with Crippen LogP contribution in [0.3, 0.4) is 0 Å². The van der Waals surface area contributed by atoms with E-state index in [1.165, 1.54) is 5.56 Å². The van der Waals surface area contributed by atoms with Gasteiger partial charge in [0.2, 0.25) is 0 Å². The van der Waals surface area contributed by atoms with Crippen LogP contribution in [0.4, 0.5) is 0 Å². The zero-order chi connectivity index (χ0) is 13.8. The van der Waals surface area contributed by atoms with Gasteiger partial charge in [0.25, 0.3) is 0 Å². The summed E-state index contributed by atoms with van der Waals surface area (Å²) < 4.78 is 6.06. The molecule has 2 heteroatoms. The predicted molar refractivity (Wildman–Crippen MR) is 78.4 cm³/mol. The van der Waals surface area contributed by atoms with Crippen LogP contribution < -0.4 is 10.1 Å². The lowest BCUT2D eigenvalue weighted by Crippen LogP contribution is -2.33. The van der Waals surface area contributed by atoms with Gasteiger partial charge in [-0.15, -0.1) is 0 Å². The lowest BCUT2D eigenvalue weighted by molar-refractivity contribution is 0.209. The first-order chi connectivity index (χ1) is 8.30. The van der Waals surface area contributed by atoms with Gasteiger partial charge < -0.3 is 10.1 Å². The Kier molecular flexibility index (Phi) is 5.21. The molecule has 0 aliphatic carbocycles. The average molecular weight is 249 g/mol. The fraction of sp³-hybridized carbons (Fsp3) is 0.625. The van der Waals surface area contributed by atoms with Gasteiger partial charge in [-0.2, -0.15) is 0 Å². The Balaban J connectivity index is 2.72. The Labute approximate surface area is 112 Å². The van der Waals surface area contributed by atoms with Crippen LogP contribution in [-0.2, 0) is 5.41 Å². The van der Waals surface area contributed by atoms with E-state index < -0.39 is 0 Å². The van der Waals surface area contributed by atoms with Crippen molar-refractivity contribution in [2.45, 2.75) is 59.1 Å². The molecule has 0 aromatic heterocycles. The fourth-order valence-electron chi connectivity index (χ4n) is 1.85. The third-order valence-corrected chi connectivity index (χ3v) is 2.84. The SMILES string of the molecule is CC(C)NCC(C)Oc1ccccc1C(C)(C)C. The molecule has 102 valence electrons. The fourth-order valence-corrected chi connectivity index (χ4v) is 1.85. The minimum Gasteiger partial charge on any atom is -0.489 e. The summed E-state index contributed by atoms with van der Waals surface area (Å²) >= 11 is 0. The summed E-state index contributed by atoms with van der Waals surface area (Å²) in [6.07, 6.45) is 0.177. The molecule has 0 aliphatic rings. The molecule has 0 fully saturated rings. The summed E-state index contributed by atoms with van der Waals surface area (Å²) in [5.74, 6) is 1.00. The lowest BCUT2D eigenvalue weighted by Gasteiger charge is -2.25. The largest absolute Gasteiger partial charge is 0.489 e. The first-order valence-corrected chi connectivity index (χ1v) is 6.80. The maximum atomic E-state index is 6.06. The summed E-state index contributed by atoms with van der Waals surface area (Å²) in [5, 5.41) is 3.40. The number of hydrogen-bond donors (Lipinski definition) is 1. The molecule has 18 heavy (non-hydrogen) atoms. The molecule has 1 unspecified atom stereocenters. The molecule has 0 spiro atoms. The summed E-state index contributed by atoms with van der Waals surface area (Å²) in [5.41, 5.74) is 1.38. The van der Waals surface area contributed by atoms with Gasteiger partial charge in [-0.3, -0.25) is 0 Å². The van der Waals surface area contributed by atoms with E-state index >= 15 is 0 Å². The topological polar surface area (TPSA) is 21.3 Å². The number of rotatable bonds is 5. The maximum absolute atomic E-state index is 6.06.